The number of nitro benzene ring substituents is 1. The molecule has 1 unspecified atom stereocenters. The molecule has 0 aliphatic rings. The fraction of sp³-hybridized carbons (Fsp3) is 0.250. The summed E-state index contributed by atoms with van der Waals surface area (Å²) in [5.74, 6) is 0.257. The number of nitrogens with zero attached hydrogens (tertiary/aromatic N) is 1. The van der Waals surface area contributed by atoms with E-state index in [9.17, 15) is 10.1 Å². The highest BCUT2D eigenvalue weighted by molar-refractivity contribution is 5.69. The molecule has 5 heteroatoms. The number of nitro groups is 1. The van der Waals surface area contributed by atoms with Crippen LogP contribution in [-0.4, -0.2) is 12.0 Å². The molecular weight excluding hydrogens is 268 g/mol. The van der Waals surface area contributed by atoms with Crippen molar-refractivity contribution < 1.29 is 9.66 Å². The van der Waals surface area contributed by atoms with Crippen LogP contribution in [0.1, 0.15) is 24.9 Å². The molecule has 2 aromatic rings. The molecule has 0 bridgehead atoms. The van der Waals surface area contributed by atoms with Crippen molar-refractivity contribution in [3.8, 4) is 5.75 Å². The Hall–Kier alpha value is -2.56. The molecule has 5 nitrogen and oxygen atoms in total. The summed E-state index contributed by atoms with van der Waals surface area (Å²) < 4.78 is 5.09. The first-order chi connectivity index (χ1) is 10.2. The van der Waals surface area contributed by atoms with Gasteiger partial charge < -0.3 is 10.1 Å². The lowest BCUT2D eigenvalue weighted by atomic mass is 10.0. The Bertz CT molecular complexity index is 614. The number of para-hydroxylation sites is 1. The van der Waals surface area contributed by atoms with E-state index in [2.05, 4.69) is 5.32 Å². The molecule has 0 fully saturated rings. The highest BCUT2D eigenvalue weighted by Gasteiger charge is 2.22. The number of ether oxygens (including phenoxy) is 1. The lowest BCUT2D eigenvalue weighted by Crippen LogP contribution is -2.11. The van der Waals surface area contributed by atoms with E-state index in [-0.39, 0.29) is 17.5 Å². The van der Waals surface area contributed by atoms with Gasteiger partial charge >= 0.3 is 5.69 Å². The van der Waals surface area contributed by atoms with Crippen molar-refractivity contribution in [2.75, 3.05) is 12.4 Å². The maximum absolute atomic E-state index is 11.3. The SMILES string of the molecule is CCC(Nc1cccc(OC)c1[N+](=O)[O-])c1ccccc1. The number of benzene rings is 2. The molecule has 0 aromatic heterocycles. The second-order valence-electron chi connectivity index (χ2n) is 4.63. The van der Waals surface area contributed by atoms with Crippen LogP contribution in [0.2, 0.25) is 0 Å². The molecule has 2 rings (SSSR count). The molecule has 0 saturated carbocycles. The average Bonchev–Trinajstić information content (AvgIpc) is 2.52. The summed E-state index contributed by atoms with van der Waals surface area (Å²) in [6.45, 7) is 2.04. The molecule has 0 aliphatic heterocycles. The zero-order chi connectivity index (χ0) is 15.2. The fourth-order valence-corrected chi connectivity index (χ4v) is 2.29. The second kappa shape index (κ2) is 6.74. The zero-order valence-corrected chi connectivity index (χ0v) is 12.1. The van der Waals surface area contributed by atoms with Crippen LogP contribution in [0.15, 0.2) is 48.5 Å². The highest BCUT2D eigenvalue weighted by atomic mass is 16.6. The van der Waals surface area contributed by atoms with Gasteiger partial charge in [0.2, 0.25) is 0 Å². The van der Waals surface area contributed by atoms with Crippen LogP contribution in [0, 0.1) is 10.1 Å². The van der Waals surface area contributed by atoms with Gasteiger partial charge in [-0.05, 0) is 24.1 Å². The summed E-state index contributed by atoms with van der Waals surface area (Å²) in [5, 5.41) is 14.5. The summed E-state index contributed by atoms with van der Waals surface area (Å²) in [5.41, 5.74) is 1.53. The number of hydrogen-bond donors (Lipinski definition) is 1. The van der Waals surface area contributed by atoms with Crippen molar-refractivity contribution in [1.82, 2.24) is 0 Å². The Labute approximate surface area is 123 Å². The number of methoxy groups -OCH3 is 1. The van der Waals surface area contributed by atoms with E-state index in [0.29, 0.717) is 5.69 Å². The second-order valence-corrected chi connectivity index (χ2v) is 4.63. The van der Waals surface area contributed by atoms with Gasteiger partial charge in [0.25, 0.3) is 0 Å². The van der Waals surface area contributed by atoms with Gasteiger partial charge in [0.15, 0.2) is 5.75 Å². The van der Waals surface area contributed by atoms with Gasteiger partial charge in [-0.25, -0.2) is 0 Å². The number of hydrogen-bond acceptors (Lipinski definition) is 4. The molecule has 21 heavy (non-hydrogen) atoms. The normalized spacial score (nSPS) is 11.7. The Kier molecular flexibility index (Phi) is 4.77. The van der Waals surface area contributed by atoms with Gasteiger partial charge in [0.05, 0.1) is 18.1 Å². The lowest BCUT2D eigenvalue weighted by molar-refractivity contribution is -0.384. The molecule has 1 atom stereocenters. The molecular formula is C16H18N2O3. The maximum atomic E-state index is 11.3. The minimum Gasteiger partial charge on any atom is -0.490 e. The van der Waals surface area contributed by atoms with Gasteiger partial charge in [-0.2, -0.15) is 0 Å². The van der Waals surface area contributed by atoms with Crippen molar-refractivity contribution >= 4 is 11.4 Å². The van der Waals surface area contributed by atoms with Crippen LogP contribution in [0.4, 0.5) is 11.4 Å². The van der Waals surface area contributed by atoms with E-state index in [0.717, 1.165) is 12.0 Å². The fourth-order valence-electron chi connectivity index (χ4n) is 2.29. The van der Waals surface area contributed by atoms with Crippen LogP contribution in [0.5, 0.6) is 5.75 Å². The highest BCUT2D eigenvalue weighted by Crippen LogP contribution is 2.36. The van der Waals surface area contributed by atoms with Gasteiger partial charge in [0.1, 0.15) is 5.69 Å². The number of anilines is 1. The summed E-state index contributed by atoms with van der Waals surface area (Å²) >= 11 is 0. The maximum Gasteiger partial charge on any atom is 0.333 e. The third-order valence-corrected chi connectivity index (χ3v) is 3.34. The predicted molar refractivity (Wildman–Crippen MR) is 82.7 cm³/mol. The first-order valence-corrected chi connectivity index (χ1v) is 6.80. The molecule has 110 valence electrons. The largest absolute Gasteiger partial charge is 0.490 e. The summed E-state index contributed by atoms with van der Waals surface area (Å²) in [6.07, 6.45) is 0.818. The molecule has 2 aromatic carbocycles. The van der Waals surface area contributed by atoms with Gasteiger partial charge in [-0.15, -0.1) is 0 Å². The van der Waals surface area contributed by atoms with Crippen LogP contribution in [-0.2, 0) is 0 Å². The van der Waals surface area contributed by atoms with E-state index >= 15 is 0 Å². The van der Waals surface area contributed by atoms with Gasteiger partial charge in [0, 0.05) is 0 Å². The summed E-state index contributed by atoms with van der Waals surface area (Å²) in [7, 11) is 1.43. The van der Waals surface area contributed by atoms with E-state index in [4.69, 9.17) is 4.74 Å². The first kappa shape index (κ1) is 14.8. The van der Waals surface area contributed by atoms with Crippen molar-refractivity contribution in [2.24, 2.45) is 0 Å². The number of nitrogens with one attached hydrogen (secondary N) is 1. The molecule has 0 saturated heterocycles. The van der Waals surface area contributed by atoms with E-state index in [1.54, 1.807) is 18.2 Å². The van der Waals surface area contributed by atoms with Gasteiger partial charge in [-0.1, -0.05) is 43.3 Å². The lowest BCUT2D eigenvalue weighted by Gasteiger charge is -2.19. The molecule has 0 aliphatic carbocycles. The van der Waals surface area contributed by atoms with Crippen molar-refractivity contribution in [1.29, 1.82) is 0 Å². The van der Waals surface area contributed by atoms with Crippen LogP contribution in [0.3, 0.4) is 0 Å². The molecule has 1 N–H and O–H groups in total. The minimum absolute atomic E-state index is 0.0111. The molecule has 0 radical (unpaired) electrons. The van der Waals surface area contributed by atoms with Gasteiger partial charge in [-0.3, -0.25) is 10.1 Å². The molecule has 0 amide bonds. The van der Waals surface area contributed by atoms with E-state index in [1.165, 1.54) is 7.11 Å². The third kappa shape index (κ3) is 3.31. The quantitative estimate of drug-likeness (QED) is 0.639. The van der Waals surface area contributed by atoms with E-state index < -0.39 is 4.92 Å². The van der Waals surface area contributed by atoms with Crippen LogP contribution >= 0.6 is 0 Å². The Morgan fingerprint density at radius 3 is 2.48 bits per heavy atom. The Morgan fingerprint density at radius 2 is 1.90 bits per heavy atom. The average molecular weight is 286 g/mol. The van der Waals surface area contributed by atoms with E-state index in [1.807, 2.05) is 37.3 Å². The predicted octanol–water partition coefficient (Wildman–Crippen LogP) is 4.17. The third-order valence-electron chi connectivity index (χ3n) is 3.34. The Balaban J connectivity index is 2.36. The van der Waals surface area contributed by atoms with Crippen molar-refractivity contribution in [2.45, 2.75) is 19.4 Å². The van der Waals surface area contributed by atoms with Crippen LogP contribution < -0.4 is 10.1 Å². The topological polar surface area (TPSA) is 64.4 Å². The number of rotatable bonds is 6. The summed E-state index contributed by atoms with van der Waals surface area (Å²) in [6, 6.07) is 14.9. The Morgan fingerprint density at radius 1 is 1.19 bits per heavy atom. The summed E-state index contributed by atoms with van der Waals surface area (Å²) in [4.78, 5) is 10.9. The molecule has 0 heterocycles. The zero-order valence-electron chi connectivity index (χ0n) is 12.1. The smallest absolute Gasteiger partial charge is 0.333 e. The standard InChI is InChI=1S/C16H18N2O3/c1-3-13(12-8-5-4-6-9-12)17-14-10-7-11-15(21-2)16(14)18(19)20/h4-11,13,17H,3H2,1-2H3. The van der Waals surface area contributed by atoms with Crippen molar-refractivity contribution in [3.05, 3.63) is 64.2 Å². The van der Waals surface area contributed by atoms with Crippen LogP contribution in [0.25, 0.3) is 0 Å². The monoisotopic (exact) mass is 286 g/mol. The first-order valence-electron chi connectivity index (χ1n) is 6.80. The van der Waals surface area contributed by atoms with Crippen molar-refractivity contribution in [3.63, 3.8) is 0 Å². The molecule has 0 spiro atoms. The minimum atomic E-state index is -0.418.